The Kier molecular flexibility index (Phi) is 8.71. The Morgan fingerprint density at radius 2 is 1.80 bits per heavy atom. The minimum absolute atomic E-state index is 0.00386. The summed E-state index contributed by atoms with van der Waals surface area (Å²) in [5.74, 6) is -2.70. The summed E-state index contributed by atoms with van der Waals surface area (Å²) in [7, 11) is 1.55. The molecular weight excluding hydrogens is 570 g/mol. The van der Waals surface area contributed by atoms with Crippen molar-refractivity contribution in [1.29, 1.82) is 10.8 Å². The number of nitrogens with zero attached hydrogens (tertiary/aromatic N) is 3. The lowest BCUT2D eigenvalue weighted by atomic mass is 10.1. The molecular formula is C30H33N7O7. The number of morpholine rings is 1. The molecule has 14 heteroatoms. The minimum Gasteiger partial charge on any atom is -0.449 e. The van der Waals surface area contributed by atoms with Crippen molar-refractivity contribution in [3.63, 3.8) is 0 Å². The average molecular weight is 604 g/mol. The number of anilines is 2. The molecule has 2 fully saturated rings. The van der Waals surface area contributed by atoms with E-state index in [9.17, 15) is 24.0 Å². The number of ether oxygens (including phenoxy) is 2. The summed E-state index contributed by atoms with van der Waals surface area (Å²) in [5, 5.41) is 21.1. The Bertz CT molecular complexity index is 1550. The second-order valence-electron chi connectivity index (χ2n) is 10.7. The number of likely N-dealkylation sites (N-methyl/N-ethyl adjacent to an activating group) is 1. The van der Waals surface area contributed by atoms with Crippen molar-refractivity contribution in [3.8, 4) is 0 Å². The van der Waals surface area contributed by atoms with Gasteiger partial charge in [0, 0.05) is 61.7 Å². The topological polar surface area (TPSA) is 185 Å². The maximum atomic E-state index is 13.7. The number of nitrogens with one attached hydrogen (secondary N) is 4. The molecule has 0 bridgehead atoms. The van der Waals surface area contributed by atoms with Gasteiger partial charge in [0.15, 0.2) is 6.10 Å². The molecule has 0 spiro atoms. The first-order chi connectivity index (χ1) is 21.0. The van der Waals surface area contributed by atoms with E-state index in [1.807, 2.05) is 0 Å². The number of amides is 4. The first-order valence-corrected chi connectivity index (χ1v) is 14.2. The van der Waals surface area contributed by atoms with Crippen molar-refractivity contribution in [2.24, 2.45) is 0 Å². The molecule has 0 saturated carbocycles. The van der Waals surface area contributed by atoms with Gasteiger partial charge in [0.25, 0.3) is 17.7 Å². The summed E-state index contributed by atoms with van der Waals surface area (Å²) >= 11 is 0. The van der Waals surface area contributed by atoms with Gasteiger partial charge in [0.1, 0.15) is 11.7 Å². The molecule has 3 aliphatic heterocycles. The van der Waals surface area contributed by atoms with Gasteiger partial charge >= 0.3 is 5.97 Å². The molecule has 5 rings (SSSR count). The van der Waals surface area contributed by atoms with Crippen molar-refractivity contribution < 1.29 is 33.4 Å². The van der Waals surface area contributed by atoms with E-state index in [-0.39, 0.29) is 54.4 Å². The Hall–Kier alpha value is -5.11. The lowest BCUT2D eigenvalue weighted by Gasteiger charge is -2.35. The number of hydrogen-bond donors (Lipinski definition) is 4. The van der Waals surface area contributed by atoms with E-state index >= 15 is 0 Å². The maximum Gasteiger partial charge on any atom is 0.303 e. The van der Waals surface area contributed by atoms with Crippen LogP contribution in [0.2, 0.25) is 0 Å². The van der Waals surface area contributed by atoms with Crippen LogP contribution in [0.1, 0.15) is 41.3 Å². The molecule has 3 aliphatic rings. The highest BCUT2D eigenvalue weighted by molar-refractivity contribution is 6.23. The highest BCUT2D eigenvalue weighted by Gasteiger charge is 2.43. The van der Waals surface area contributed by atoms with Crippen molar-refractivity contribution >= 4 is 52.6 Å². The first kappa shape index (κ1) is 30.4. The summed E-state index contributed by atoms with van der Waals surface area (Å²) < 4.78 is 10.9. The second-order valence-corrected chi connectivity index (χ2v) is 10.7. The molecule has 230 valence electrons. The van der Waals surface area contributed by atoms with E-state index in [0.717, 1.165) is 19.8 Å². The largest absolute Gasteiger partial charge is 0.449 e. The smallest absolute Gasteiger partial charge is 0.303 e. The van der Waals surface area contributed by atoms with Crippen molar-refractivity contribution in [1.82, 2.24) is 15.1 Å². The highest BCUT2D eigenvalue weighted by atomic mass is 16.6. The quantitative estimate of drug-likeness (QED) is 0.321. The number of hydrogen-bond acceptors (Lipinski definition) is 9. The van der Waals surface area contributed by atoms with Crippen LogP contribution in [0.4, 0.5) is 11.4 Å². The molecule has 4 amide bonds. The molecule has 2 aromatic rings. The van der Waals surface area contributed by atoms with Crippen molar-refractivity contribution in [2.45, 2.75) is 32.0 Å². The maximum absolute atomic E-state index is 13.7. The Balaban J connectivity index is 1.31. The fraction of sp³-hybridized carbons (Fsp3) is 0.367. The summed E-state index contributed by atoms with van der Waals surface area (Å²) in [6.45, 7) is 2.56. The van der Waals surface area contributed by atoms with Crippen LogP contribution >= 0.6 is 0 Å². The van der Waals surface area contributed by atoms with Gasteiger partial charge in [-0.05, 0) is 49.2 Å². The predicted octanol–water partition coefficient (Wildman–Crippen LogP) is 0.937. The van der Waals surface area contributed by atoms with Crippen LogP contribution in [0.5, 0.6) is 0 Å². The lowest BCUT2D eigenvalue weighted by molar-refractivity contribution is -0.167. The molecule has 2 atom stereocenters. The zero-order valence-electron chi connectivity index (χ0n) is 24.3. The van der Waals surface area contributed by atoms with E-state index in [1.54, 1.807) is 36.2 Å². The summed E-state index contributed by atoms with van der Waals surface area (Å²) in [6, 6.07) is 11.0. The van der Waals surface area contributed by atoms with Gasteiger partial charge in [-0.25, -0.2) is 0 Å². The molecule has 14 nitrogen and oxygen atoms in total. The van der Waals surface area contributed by atoms with E-state index in [2.05, 4.69) is 10.6 Å². The summed E-state index contributed by atoms with van der Waals surface area (Å²) in [4.78, 5) is 69.1. The zero-order chi connectivity index (χ0) is 31.5. The van der Waals surface area contributed by atoms with Crippen molar-refractivity contribution in [2.75, 3.05) is 50.1 Å². The number of amidine groups is 2. The van der Waals surface area contributed by atoms with Gasteiger partial charge in [0.2, 0.25) is 12.0 Å². The lowest BCUT2D eigenvalue weighted by Crippen LogP contribution is -2.56. The average Bonchev–Trinajstić information content (AvgIpc) is 3.64. The van der Waals surface area contributed by atoms with Gasteiger partial charge in [-0.2, -0.15) is 0 Å². The van der Waals surface area contributed by atoms with E-state index in [0.29, 0.717) is 29.9 Å². The third-order valence-electron chi connectivity index (χ3n) is 7.61. The highest BCUT2D eigenvalue weighted by Crippen LogP contribution is 2.25. The van der Waals surface area contributed by atoms with Gasteiger partial charge in [0.05, 0.1) is 13.2 Å². The monoisotopic (exact) mass is 603 g/mol. The Morgan fingerprint density at radius 1 is 1.07 bits per heavy atom. The van der Waals surface area contributed by atoms with Gasteiger partial charge < -0.3 is 34.8 Å². The van der Waals surface area contributed by atoms with Crippen molar-refractivity contribution in [3.05, 3.63) is 59.2 Å². The molecule has 2 aromatic carbocycles. The third kappa shape index (κ3) is 6.29. The Morgan fingerprint density at radius 3 is 2.52 bits per heavy atom. The minimum atomic E-state index is -1.64. The van der Waals surface area contributed by atoms with Crippen LogP contribution in [-0.2, 0) is 28.7 Å². The summed E-state index contributed by atoms with van der Waals surface area (Å²) in [5.41, 5.74) is 1.83. The molecule has 4 N–H and O–H groups in total. The Labute approximate surface area is 253 Å². The fourth-order valence-corrected chi connectivity index (χ4v) is 5.40. The second kappa shape index (κ2) is 12.6. The van der Waals surface area contributed by atoms with Gasteiger partial charge in [-0.3, -0.25) is 34.8 Å². The first-order valence-electron chi connectivity index (χ1n) is 14.2. The van der Waals surface area contributed by atoms with Gasteiger partial charge in [-0.15, -0.1) is 0 Å². The number of fused-ring (bicyclic) bond motifs is 1. The standard InChI is InChI=1S/C30H33N7O7/c1-17(38)44-24(28(40)33-19-8-9-21-22(15-19)27(32)34-26(21)31)25-30(42)37(12-13-43-25)20-7-5-6-18(14-20)29(41)35(2)16-23(39)36-10-3-4-11-36/h5-9,14-15,24-25H,3-4,10-13,16H2,1-2H3,(H,33,40)(H3,31,32,34)/t24-,25-/m1/s1. The fourth-order valence-electron chi connectivity index (χ4n) is 5.40. The van der Waals surface area contributed by atoms with Gasteiger partial charge in [-0.1, -0.05) is 6.07 Å². The van der Waals surface area contributed by atoms with Crippen LogP contribution in [0.3, 0.4) is 0 Å². The number of rotatable bonds is 8. The number of esters is 1. The summed E-state index contributed by atoms with van der Waals surface area (Å²) in [6.07, 6.45) is -1.22. The molecule has 0 aliphatic carbocycles. The van der Waals surface area contributed by atoms with E-state index < -0.39 is 30.0 Å². The molecule has 3 heterocycles. The van der Waals surface area contributed by atoms with Crippen LogP contribution in [0.25, 0.3) is 0 Å². The predicted molar refractivity (Wildman–Crippen MR) is 159 cm³/mol. The third-order valence-corrected chi connectivity index (χ3v) is 7.61. The normalized spacial score (nSPS) is 18.4. The molecule has 2 saturated heterocycles. The number of carbonyl (C=O) groups is 5. The SMILES string of the molecule is CC(=O)O[C@@H](C(=O)Nc1ccc2c(c1)C(=N)NC2=N)[C@H]1OCCN(c2cccc(C(=O)N(C)CC(=O)N3CCCC3)c2)C1=O. The molecule has 0 unspecified atom stereocenters. The molecule has 0 aromatic heterocycles. The van der Waals surface area contributed by atoms with Crippen LogP contribution in [0, 0.1) is 10.8 Å². The van der Waals surface area contributed by atoms with Crippen LogP contribution < -0.4 is 15.5 Å². The van der Waals surface area contributed by atoms with Crippen LogP contribution in [-0.4, -0.2) is 103 Å². The number of benzene rings is 2. The zero-order valence-corrected chi connectivity index (χ0v) is 24.3. The van der Waals surface area contributed by atoms with E-state index in [4.69, 9.17) is 20.3 Å². The molecule has 44 heavy (non-hydrogen) atoms. The van der Waals surface area contributed by atoms with E-state index in [1.165, 1.54) is 28.0 Å². The number of carbonyl (C=O) groups excluding carboxylic acids is 5. The van der Waals surface area contributed by atoms with Crippen LogP contribution in [0.15, 0.2) is 42.5 Å². The molecule has 0 radical (unpaired) electrons. The number of likely N-dealkylation sites (tertiary alicyclic amines) is 1.